The normalized spacial score (nSPS) is 10.2. The summed E-state index contributed by atoms with van der Waals surface area (Å²) in [6.07, 6.45) is 5.73. The number of hydrogen-bond donors (Lipinski definition) is 1. The maximum absolute atomic E-state index is 11.8. The Morgan fingerprint density at radius 1 is 1.33 bits per heavy atom. The van der Waals surface area contributed by atoms with Crippen LogP contribution >= 0.6 is 15.9 Å². The van der Waals surface area contributed by atoms with E-state index in [1.165, 1.54) is 29.4 Å². The molecule has 2 heterocycles. The minimum Gasteiger partial charge on any atom is -0.369 e. The van der Waals surface area contributed by atoms with E-state index in [2.05, 4.69) is 30.9 Å². The van der Waals surface area contributed by atoms with E-state index in [1.807, 2.05) is 0 Å². The zero-order valence-electron chi connectivity index (χ0n) is 7.46. The van der Waals surface area contributed by atoms with Gasteiger partial charge in [0.05, 0.1) is 12.4 Å². The van der Waals surface area contributed by atoms with E-state index in [9.17, 15) is 4.79 Å². The molecule has 7 heteroatoms. The molecule has 2 aromatic rings. The highest BCUT2D eigenvalue weighted by atomic mass is 79.9. The molecular formula is C8H6BrN5O. The van der Waals surface area contributed by atoms with Crippen LogP contribution in [0.1, 0.15) is 10.5 Å². The quantitative estimate of drug-likeness (QED) is 0.822. The first-order valence-corrected chi connectivity index (χ1v) is 4.79. The van der Waals surface area contributed by atoms with Gasteiger partial charge in [0, 0.05) is 12.4 Å². The zero-order chi connectivity index (χ0) is 10.8. The third-order valence-corrected chi connectivity index (χ3v) is 2.14. The van der Waals surface area contributed by atoms with Crippen molar-refractivity contribution in [3.63, 3.8) is 0 Å². The average Bonchev–Trinajstić information content (AvgIpc) is 2.65. The Balaban J connectivity index is 2.37. The van der Waals surface area contributed by atoms with Gasteiger partial charge in [-0.15, -0.1) is 0 Å². The lowest BCUT2D eigenvalue weighted by Crippen LogP contribution is -2.15. The number of nitrogens with two attached hydrogens (primary N) is 1. The highest BCUT2D eigenvalue weighted by molar-refractivity contribution is 9.10. The molecule has 0 amide bonds. The molecule has 2 aromatic heterocycles. The first-order valence-electron chi connectivity index (χ1n) is 3.99. The SMILES string of the molecule is Nc1nccn1C(=O)c1cnc(Br)cn1. The van der Waals surface area contributed by atoms with E-state index in [0.29, 0.717) is 4.60 Å². The van der Waals surface area contributed by atoms with Crippen molar-refractivity contribution in [2.75, 3.05) is 5.73 Å². The van der Waals surface area contributed by atoms with Crippen LogP contribution < -0.4 is 5.73 Å². The number of nitrogen functional groups attached to an aromatic ring is 1. The fourth-order valence-corrected chi connectivity index (χ4v) is 1.24. The topological polar surface area (TPSA) is 86.7 Å². The largest absolute Gasteiger partial charge is 0.369 e. The Hall–Kier alpha value is -1.76. The molecule has 0 spiro atoms. The second kappa shape index (κ2) is 3.77. The standard InChI is InChI=1S/C8H6BrN5O/c9-6-4-12-5(3-13-6)7(15)14-2-1-11-8(14)10/h1-4H,(H2,10,11). The maximum atomic E-state index is 11.8. The summed E-state index contributed by atoms with van der Waals surface area (Å²) in [6.45, 7) is 0. The van der Waals surface area contributed by atoms with Crippen molar-refractivity contribution in [3.8, 4) is 0 Å². The van der Waals surface area contributed by atoms with Crippen molar-refractivity contribution in [3.05, 3.63) is 35.1 Å². The Morgan fingerprint density at radius 2 is 2.13 bits per heavy atom. The van der Waals surface area contributed by atoms with E-state index >= 15 is 0 Å². The van der Waals surface area contributed by atoms with E-state index in [1.54, 1.807) is 0 Å². The molecule has 76 valence electrons. The predicted octanol–water partition coefficient (Wildman–Crippen LogP) is 0.706. The van der Waals surface area contributed by atoms with Crippen LogP contribution in [0.15, 0.2) is 29.4 Å². The summed E-state index contributed by atoms with van der Waals surface area (Å²) >= 11 is 3.13. The highest BCUT2D eigenvalue weighted by Crippen LogP contribution is 2.06. The van der Waals surface area contributed by atoms with Crippen LogP contribution in [0.25, 0.3) is 0 Å². The van der Waals surface area contributed by atoms with Gasteiger partial charge in [0.25, 0.3) is 5.91 Å². The monoisotopic (exact) mass is 267 g/mol. The molecule has 0 bridgehead atoms. The molecule has 0 aromatic carbocycles. The second-order valence-corrected chi connectivity index (χ2v) is 3.50. The van der Waals surface area contributed by atoms with Crippen LogP contribution in [0, 0.1) is 0 Å². The van der Waals surface area contributed by atoms with Crippen molar-refractivity contribution in [1.82, 2.24) is 19.5 Å². The fourth-order valence-electron chi connectivity index (χ4n) is 1.03. The Morgan fingerprint density at radius 3 is 2.67 bits per heavy atom. The van der Waals surface area contributed by atoms with Gasteiger partial charge in [-0.1, -0.05) is 0 Å². The fraction of sp³-hybridized carbons (Fsp3) is 0. The number of carbonyl (C=O) groups excluding carboxylic acids is 1. The summed E-state index contributed by atoms with van der Waals surface area (Å²) in [5.74, 6) is -0.227. The number of nitrogens with zero attached hydrogens (tertiary/aromatic N) is 4. The van der Waals surface area contributed by atoms with Crippen LogP contribution in [0.3, 0.4) is 0 Å². The van der Waals surface area contributed by atoms with Crippen molar-refractivity contribution in [1.29, 1.82) is 0 Å². The van der Waals surface area contributed by atoms with E-state index < -0.39 is 0 Å². The number of rotatable bonds is 1. The molecule has 0 aliphatic carbocycles. The molecule has 0 radical (unpaired) electrons. The third kappa shape index (κ3) is 1.86. The minimum absolute atomic E-state index is 0.129. The number of hydrogen-bond acceptors (Lipinski definition) is 5. The molecule has 0 saturated carbocycles. The lowest BCUT2D eigenvalue weighted by atomic mass is 10.4. The van der Waals surface area contributed by atoms with Gasteiger partial charge < -0.3 is 5.73 Å². The molecule has 2 N–H and O–H groups in total. The Labute approximate surface area is 93.3 Å². The summed E-state index contributed by atoms with van der Waals surface area (Å²) in [4.78, 5) is 23.3. The smallest absolute Gasteiger partial charge is 0.284 e. The van der Waals surface area contributed by atoms with Crippen molar-refractivity contribution in [2.45, 2.75) is 0 Å². The van der Waals surface area contributed by atoms with Crippen molar-refractivity contribution >= 4 is 27.8 Å². The third-order valence-electron chi connectivity index (χ3n) is 1.73. The van der Waals surface area contributed by atoms with Crippen LogP contribution in [-0.2, 0) is 0 Å². The Bertz CT molecular complexity index is 492. The lowest BCUT2D eigenvalue weighted by Gasteiger charge is -2.01. The van der Waals surface area contributed by atoms with Gasteiger partial charge in [-0.3, -0.25) is 9.36 Å². The number of carbonyl (C=O) groups is 1. The summed E-state index contributed by atoms with van der Waals surface area (Å²) in [5, 5.41) is 0. The number of halogens is 1. The molecule has 0 saturated heterocycles. The molecule has 6 nitrogen and oxygen atoms in total. The van der Waals surface area contributed by atoms with Gasteiger partial charge in [0.2, 0.25) is 5.95 Å². The van der Waals surface area contributed by atoms with E-state index in [0.717, 1.165) is 0 Å². The first-order chi connectivity index (χ1) is 7.18. The number of imidazole rings is 1. The summed E-state index contributed by atoms with van der Waals surface area (Å²) in [5.41, 5.74) is 5.69. The zero-order valence-corrected chi connectivity index (χ0v) is 9.05. The van der Waals surface area contributed by atoms with E-state index in [4.69, 9.17) is 5.73 Å². The van der Waals surface area contributed by atoms with E-state index in [-0.39, 0.29) is 17.5 Å². The maximum Gasteiger partial charge on any atom is 0.284 e. The highest BCUT2D eigenvalue weighted by Gasteiger charge is 2.12. The molecular weight excluding hydrogens is 262 g/mol. The van der Waals surface area contributed by atoms with Gasteiger partial charge in [-0.05, 0) is 15.9 Å². The Kier molecular flexibility index (Phi) is 2.46. The van der Waals surface area contributed by atoms with Gasteiger partial charge in [0.15, 0.2) is 0 Å². The van der Waals surface area contributed by atoms with Crippen LogP contribution in [0.2, 0.25) is 0 Å². The molecule has 0 unspecified atom stereocenters. The molecule has 0 fully saturated rings. The second-order valence-electron chi connectivity index (χ2n) is 2.68. The van der Waals surface area contributed by atoms with Gasteiger partial charge in [-0.25, -0.2) is 15.0 Å². The van der Waals surface area contributed by atoms with Crippen LogP contribution in [0.4, 0.5) is 5.95 Å². The predicted molar refractivity (Wildman–Crippen MR) is 56.1 cm³/mol. The molecule has 0 atom stereocenters. The average molecular weight is 268 g/mol. The minimum atomic E-state index is -0.356. The molecule has 15 heavy (non-hydrogen) atoms. The molecule has 0 aliphatic rings. The van der Waals surface area contributed by atoms with Crippen LogP contribution in [-0.4, -0.2) is 25.4 Å². The number of anilines is 1. The summed E-state index contributed by atoms with van der Waals surface area (Å²) in [6, 6.07) is 0. The summed E-state index contributed by atoms with van der Waals surface area (Å²) < 4.78 is 1.77. The molecule has 0 aliphatic heterocycles. The molecule has 2 rings (SSSR count). The van der Waals surface area contributed by atoms with Gasteiger partial charge in [-0.2, -0.15) is 0 Å². The van der Waals surface area contributed by atoms with Gasteiger partial charge >= 0.3 is 0 Å². The number of aromatic nitrogens is 4. The van der Waals surface area contributed by atoms with Crippen molar-refractivity contribution in [2.24, 2.45) is 0 Å². The first kappa shape index (κ1) is 9.78. The lowest BCUT2D eigenvalue weighted by molar-refractivity contribution is 0.0957. The van der Waals surface area contributed by atoms with Crippen LogP contribution in [0.5, 0.6) is 0 Å². The van der Waals surface area contributed by atoms with Gasteiger partial charge in [0.1, 0.15) is 10.3 Å². The summed E-state index contributed by atoms with van der Waals surface area (Å²) in [7, 11) is 0. The van der Waals surface area contributed by atoms with Crippen molar-refractivity contribution < 1.29 is 4.79 Å².